The van der Waals surface area contributed by atoms with Crippen LogP contribution in [0.2, 0.25) is 0 Å². The molecule has 1 atom stereocenters. The average molecular weight is 421 g/mol. The molecule has 1 heteroatoms. The molecule has 0 radical (unpaired) electrons. The molecule has 1 rings (SSSR count). The zero-order chi connectivity index (χ0) is 22.6. The van der Waals surface area contributed by atoms with Gasteiger partial charge in [-0.1, -0.05) is 87.8 Å². The van der Waals surface area contributed by atoms with Crippen LogP contribution in [-0.2, 0) is 6.42 Å². The number of unbranched alkanes of at least 4 members (excludes halogenated alkanes) is 8. The first kappa shape index (κ1) is 26.8. The fraction of sp³-hybridized carbons (Fsp3) is 0.533. The van der Waals surface area contributed by atoms with Gasteiger partial charge >= 0.3 is 0 Å². The molecule has 0 amide bonds. The van der Waals surface area contributed by atoms with Gasteiger partial charge in [0.05, 0.1) is 7.11 Å². The molecule has 1 aromatic carbocycles. The van der Waals surface area contributed by atoms with Crippen LogP contribution < -0.4 is 4.74 Å². The summed E-state index contributed by atoms with van der Waals surface area (Å²) in [5, 5.41) is 0. The lowest BCUT2D eigenvalue weighted by Crippen LogP contribution is -2.02. The Morgan fingerprint density at radius 3 is 2.32 bits per heavy atom. The van der Waals surface area contributed by atoms with Crippen molar-refractivity contribution >= 4 is 0 Å². The lowest BCUT2D eigenvalue weighted by atomic mass is 9.92. The Balaban J connectivity index is 2.38. The Bertz CT molecular complexity index is 684. The molecule has 0 saturated carbocycles. The Labute approximate surface area is 192 Å². The molecule has 1 aromatic rings. The van der Waals surface area contributed by atoms with E-state index in [1.807, 2.05) is 13.0 Å². The zero-order valence-corrected chi connectivity index (χ0v) is 20.2. The van der Waals surface area contributed by atoms with Crippen LogP contribution in [0, 0.1) is 18.3 Å². The molecule has 1 unspecified atom stereocenters. The van der Waals surface area contributed by atoms with Crippen LogP contribution in [0.15, 0.2) is 60.2 Å². The number of benzene rings is 1. The summed E-state index contributed by atoms with van der Waals surface area (Å²) in [7, 11) is 1.73. The van der Waals surface area contributed by atoms with Crippen molar-refractivity contribution in [2.24, 2.45) is 5.92 Å². The molecule has 1 nitrogen and oxygen atoms in total. The van der Waals surface area contributed by atoms with Gasteiger partial charge in [0.25, 0.3) is 0 Å². The fourth-order valence-electron chi connectivity index (χ4n) is 3.78. The van der Waals surface area contributed by atoms with Crippen molar-refractivity contribution in [1.29, 1.82) is 0 Å². The number of rotatable bonds is 17. The fourth-order valence-corrected chi connectivity index (χ4v) is 3.78. The highest BCUT2D eigenvalue weighted by Gasteiger charge is 2.07. The van der Waals surface area contributed by atoms with Crippen LogP contribution >= 0.6 is 0 Å². The topological polar surface area (TPSA) is 9.23 Å². The minimum atomic E-state index is 0.642. The van der Waals surface area contributed by atoms with Crippen LogP contribution in [0.5, 0.6) is 5.75 Å². The van der Waals surface area contributed by atoms with E-state index in [0.29, 0.717) is 5.92 Å². The largest absolute Gasteiger partial charge is 0.497 e. The molecule has 0 N–H and O–H groups in total. The summed E-state index contributed by atoms with van der Waals surface area (Å²) in [6.07, 6.45) is 31.7. The second-order valence-electron chi connectivity index (χ2n) is 8.54. The van der Waals surface area contributed by atoms with Gasteiger partial charge in [-0.25, -0.2) is 0 Å². The molecule has 0 spiro atoms. The van der Waals surface area contributed by atoms with Crippen molar-refractivity contribution in [2.45, 2.75) is 90.9 Å². The molecule has 31 heavy (non-hydrogen) atoms. The number of terminal acetylenes is 1. The van der Waals surface area contributed by atoms with E-state index in [2.05, 4.69) is 61.4 Å². The minimum Gasteiger partial charge on any atom is -0.497 e. The first-order valence-corrected chi connectivity index (χ1v) is 12.3. The molecule has 0 aliphatic heterocycles. The summed E-state index contributed by atoms with van der Waals surface area (Å²) in [6.45, 7) is 4.33. The number of allylic oxidation sites excluding steroid dienone is 6. The normalized spacial score (nSPS) is 13.0. The van der Waals surface area contributed by atoms with E-state index in [-0.39, 0.29) is 0 Å². The Kier molecular flexibility index (Phi) is 16.1. The number of ether oxygens (including phenoxy) is 1. The van der Waals surface area contributed by atoms with E-state index in [4.69, 9.17) is 11.2 Å². The molecule has 0 saturated heterocycles. The lowest BCUT2D eigenvalue weighted by Gasteiger charge is -2.13. The van der Waals surface area contributed by atoms with E-state index < -0.39 is 0 Å². The quantitative estimate of drug-likeness (QED) is 0.106. The summed E-state index contributed by atoms with van der Waals surface area (Å²) in [5.74, 6) is 4.15. The van der Waals surface area contributed by atoms with Crippen LogP contribution in [0.3, 0.4) is 0 Å². The van der Waals surface area contributed by atoms with Crippen LogP contribution in [0.25, 0.3) is 0 Å². The summed E-state index contributed by atoms with van der Waals surface area (Å²) in [4.78, 5) is 0. The summed E-state index contributed by atoms with van der Waals surface area (Å²) in [5.41, 5.74) is 2.56. The highest BCUT2D eigenvalue weighted by molar-refractivity contribution is 5.27. The smallest absolute Gasteiger partial charge is 0.118 e. The van der Waals surface area contributed by atoms with E-state index >= 15 is 0 Å². The predicted molar refractivity (Wildman–Crippen MR) is 138 cm³/mol. The number of hydrogen-bond acceptors (Lipinski definition) is 1. The van der Waals surface area contributed by atoms with Crippen molar-refractivity contribution in [1.82, 2.24) is 0 Å². The van der Waals surface area contributed by atoms with Gasteiger partial charge in [-0.15, -0.1) is 6.42 Å². The van der Waals surface area contributed by atoms with Crippen molar-refractivity contribution in [3.63, 3.8) is 0 Å². The Hall–Kier alpha value is -2.20. The van der Waals surface area contributed by atoms with Gasteiger partial charge in [-0.05, 0) is 80.7 Å². The van der Waals surface area contributed by atoms with Crippen molar-refractivity contribution in [3.8, 4) is 18.1 Å². The third-order valence-corrected chi connectivity index (χ3v) is 5.68. The number of hydrogen-bond donors (Lipinski definition) is 0. The van der Waals surface area contributed by atoms with Gasteiger partial charge in [-0.3, -0.25) is 0 Å². The van der Waals surface area contributed by atoms with Gasteiger partial charge in [0.15, 0.2) is 0 Å². The Morgan fingerprint density at radius 2 is 1.65 bits per heavy atom. The standard InChI is InChI=1S/C30H44O/c1-5-7-8-12-16-20-28(26-29-22-24-30(31-4)25-23-29)21-17-14-11-9-10-13-15-19-27(3)18-6-2/h2,15,17-19,21-25,28H,5,7-14,16,20,26H2,1,3-4H3/b19-15-,21-17-,27-18-. The van der Waals surface area contributed by atoms with Gasteiger partial charge in [-0.2, -0.15) is 0 Å². The molecule has 0 bridgehead atoms. The molecule has 0 aromatic heterocycles. The first-order valence-electron chi connectivity index (χ1n) is 12.3. The van der Waals surface area contributed by atoms with E-state index in [9.17, 15) is 0 Å². The average Bonchev–Trinajstić information content (AvgIpc) is 2.78. The molecular weight excluding hydrogens is 376 g/mol. The molecule has 0 fully saturated rings. The maximum atomic E-state index is 5.30. The zero-order valence-electron chi connectivity index (χ0n) is 20.2. The molecular formula is C30H44O. The van der Waals surface area contributed by atoms with Crippen molar-refractivity contribution in [3.05, 3.63) is 65.8 Å². The summed E-state index contributed by atoms with van der Waals surface area (Å²) >= 11 is 0. The summed E-state index contributed by atoms with van der Waals surface area (Å²) in [6, 6.07) is 8.58. The van der Waals surface area contributed by atoms with Crippen molar-refractivity contribution in [2.75, 3.05) is 7.11 Å². The number of methoxy groups -OCH3 is 1. The third-order valence-electron chi connectivity index (χ3n) is 5.68. The second kappa shape index (κ2) is 18.6. The van der Waals surface area contributed by atoms with Gasteiger partial charge < -0.3 is 4.74 Å². The van der Waals surface area contributed by atoms with Gasteiger partial charge in [0.2, 0.25) is 0 Å². The highest BCUT2D eigenvalue weighted by Crippen LogP contribution is 2.21. The first-order chi connectivity index (χ1) is 15.2. The predicted octanol–water partition coefficient (Wildman–Crippen LogP) is 8.86. The van der Waals surface area contributed by atoms with Crippen LogP contribution in [0.4, 0.5) is 0 Å². The maximum absolute atomic E-state index is 5.30. The van der Waals surface area contributed by atoms with Gasteiger partial charge in [0, 0.05) is 0 Å². The second-order valence-corrected chi connectivity index (χ2v) is 8.54. The van der Waals surface area contributed by atoms with Crippen molar-refractivity contribution < 1.29 is 4.74 Å². The highest BCUT2D eigenvalue weighted by atomic mass is 16.5. The third kappa shape index (κ3) is 14.4. The molecule has 0 heterocycles. The monoisotopic (exact) mass is 420 g/mol. The maximum Gasteiger partial charge on any atom is 0.118 e. The van der Waals surface area contributed by atoms with Crippen LogP contribution in [-0.4, -0.2) is 7.11 Å². The molecule has 170 valence electrons. The van der Waals surface area contributed by atoms with Crippen LogP contribution in [0.1, 0.15) is 90.0 Å². The van der Waals surface area contributed by atoms with Gasteiger partial charge in [0.1, 0.15) is 5.75 Å². The molecule has 0 aliphatic carbocycles. The van der Waals surface area contributed by atoms with E-state index in [1.54, 1.807) is 7.11 Å². The lowest BCUT2D eigenvalue weighted by molar-refractivity contribution is 0.414. The summed E-state index contributed by atoms with van der Waals surface area (Å²) < 4.78 is 5.30. The minimum absolute atomic E-state index is 0.642. The van der Waals surface area contributed by atoms with E-state index in [1.165, 1.54) is 69.8 Å². The Morgan fingerprint density at radius 1 is 0.968 bits per heavy atom. The van der Waals surface area contributed by atoms with E-state index in [0.717, 1.165) is 24.2 Å². The SMILES string of the molecule is C#C/C=C(C)\C=C/CCCCC/C=C\C(CCCCCCC)Cc1ccc(OC)cc1. The molecule has 0 aliphatic rings.